The quantitative estimate of drug-likeness (QED) is 0.823. The van der Waals surface area contributed by atoms with Crippen LogP contribution in [0, 0.1) is 0 Å². The summed E-state index contributed by atoms with van der Waals surface area (Å²) in [5.41, 5.74) is 6.00. The van der Waals surface area contributed by atoms with Crippen LogP contribution < -0.4 is 5.73 Å². The van der Waals surface area contributed by atoms with Crippen LogP contribution in [0.5, 0.6) is 0 Å². The van der Waals surface area contributed by atoms with Crippen molar-refractivity contribution in [3.05, 3.63) is 52.0 Å². The van der Waals surface area contributed by atoms with Crippen molar-refractivity contribution in [3.8, 4) is 0 Å². The van der Waals surface area contributed by atoms with Crippen LogP contribution >= 0.6 is 35.0 Å². The number of anilines is 1. The van der Waals surface area contributed by atoms with Gasteiger partial charge in [0.15, 0.2) is 0 Å². The number of halogens is 2. The molecule has 3 nitrogen and oxygen atoms in total. The first-order valence-corrected chi connectivity index (χ1v) is 6.80. The van der Waals surface area contributed by atoms with E-state index in [2.05, 4.69) is 0 Å². The molecule has 2 aromatic carbocycles. The fraction of sp³-hybridized carbons (Fsp3) is 0. The normalized spacial score (nSPS) is 10.4. The molecule has 0 atom stereocenters. The van der Waals surface area contributed by atoms with Gasteiger partial charge in [-0.05, 0) is 30.3 Å². The number of nitrogen functional groups attached to an aromatic ring is 1. The molecule has 0 aliphatic carbocycles. The van der Waals surface area contributed by atoms with Gasteiger partial charge in [0.1, 0.15) is 0 Å². The summed E-state index contributed by atoms with van der Waals surface area (Å²) in [6.45, 7) is 0. The van der Waals surface area contributed by atoms with Crippen LogP contribution in [0.15, 0.2) is 46.2 Å². The highest BCUT2D eigenvalue weighted by Crippen LogP contribution is 2.38. The summed E-state index contributed by atoms with van der Waals surface area (Å²) in [6.07, 6.45) is 0. The second-order valence-corrected chi connectivity index (χ2v) is 5.67. The van der Waals surface area contributed by atoms with Crippen molar-refractivity contribution in [1.82, 2.24) is 0 Å². The van der Waals surface area contributed by atoms with Crippen molar-refractivity contribution in [1.29, 1.82) is 0 Å². The van der Waals surface area contributed by atoms with Gasteiger partial charge < -0.3 is 10.8 Å². The van der Waals surface area contributed by atoms with Crippen molar-refractivity contribution in [2.24, 2.45) is 0 Å². The molecular weight excluding hydrogens is 305 g/mol. The van der Waals surface area contributed by atoms with E-state index in [4.69, 9.17) is 28.9 Å². The highest BCUT2D eigenvalue weighted by Gasteiger charge is 2.16. The minimum Gasteiger partial charge on any atom is -0.478 e. The smallest absolute Gasteiger partial charge is 0.336 e. The zero-order chi connectivity index (χ0) is 14.0. The predicted molar refractivity (Wildman–Crippen MR) is 78.4 cm³/mol. The Bertz CT molecular complexity index is 647. The minimum atomic E-state index is -1.07. The van der Waals surface area contributed by atoms with Crippen molar-refractivity contribution in [2.75, 3.05) is 5.73 Å². The number of carboxylic acids is 1. The highest BCUT2D eigenvalue weighted by atomic mass is 35.5. The Balaban J connectivity index is 2.47. The zero-order valence-corrected chi connectivity index (χ0v) is 11.9. The standard InChI is InChI=1S/C13H9Cl2NO2S/c14-7-2-1-3-9(4-7)19-12-10(13(17)18)5-8(16)6-11(12)15/h1-6H,16H2,(H,17,18). The lowest BCUT2D eigenvalue weighted by molar-refractivity contribution is 0.0693. The molecule has 0 aliphatic rings. The zero-order valence-electron chi connectivity index (χ0n) is 9.56. The van der Waals surface area contributed by atoms with Gasteiger partial charge in [0, 0.05) is 20.5 Å². The van der Waals surface area contributed by atoms with Crippen LogP contribution in [0.1, 0.15) is 10.4 Å². The number of hydrogen-bond acceptors (Lipinski definition) is 3. The monoisotopic (exact) mass is 313 g/mol. The molecule has 0 saturated heterocycles. The van der Waals surface area contributed by atoms with Gasteiger partial charge in [0.2, 0.25) is 0 Å². The van der Waals surface area contributed by atoms with E-state index < -0.39 is 5.97 Å². The molecule has 0 spiro atoms. The number of carboxylic acid groups (broad SMARTS) is 1. The lowest BCUT2D eigenvalue weighted by atomic mass is 10.2. The Hall–Kier alpha value is -1.36. The fourth-order valence-corrected chi connectivity index (χ4v) is 3.10. The molecule has 0 saturated carbocycles. The Kier molecular flexibility index (Phi) is 4.24. The molecule has 0 aromatic heterocycles. The van der Waals surface area contributed by atoms with Crippen molar-refractivity contribution in [2.45, 2.75) is 9.79 Å². The number of hydrogen-bond donors (Lipinski definition) is 2. The first-order valence-electron chi connectivity index (χ1n) is 5.23. The maximum atomic E-state index is 11.2. The first kappa shape index (κ1) is 14.1. The molecule has 0 radical (unpaired) electrons. The van der Waals surface area contributed by atoms with E-state index in [0.29, 0.717) is 20.6 Å². The molecule has 98 valence electrons. The van der Waals surface area contributed by atoms with Gasteiger partial charge in [-0.1, -0.05) is 41.0 Å². The molecule has 2 aromatic rings. The summed E-state index contributed by atoms with van der Waals surface area (Å²) in [6, 6.07) is 10.0. The molecular formula is C13H9Cl2NO2S. The van der Waals surface area contributed by atoms with Crippen LogP contribution in [0.25, 0.3) is 0 Å². The first-order chi connectivity index (χ1) is 8.97. The van der Waals surface area contributed by atoms with Crippen LogP contribution in [-0.2, 0) is 0 Å². The summed E-state index contributed by atoms with van der Waals surface area (Å²) < 4.78 is 0. The SMILES string of the molecule is Nc1cc(Cl)c(Sc2cccc(Cl)c2)c(C(=O)O)c1. The summed E-state index contributed by atoms with van der Waals surface area (Å²) in [5.74, 6) is -1.07. The van der Waals surface area contributed by atoms with E-state index in [1.807, 2.05) is 6.07 Å². The number of benzene rings is 2. The maximum Gasteiger partial charge on any atom is 0.336 e. The molecule has 0 unspecified atom stereocenters. The molecule has 19 heavy (non-hydrogen) atoms. The third-order valence-corrected chi connectivity index (χ3v) is 4.09. The van der Waals surface area contributed by atoms with E-state index in [1.165, 1.54) is 23.9 Å². The van der Waals surface area contributed by atoms with Gasteiger partial charge in [-0.15, -0.1) is 0 Å². The topological polar surface area (TPSA) is 63.3 Å². The van der Waals surface area contributed by atoms with Crippen molar-refractivity contribution >= 4 is 46.6 Å². The van der Waals surface area contributed by atoms with Gasteiger partial charge in [0.05, 0.1) is 10.6 Å². The molecule has 6 heteroatoms. The highest BCUT2D eigenvalue weighted by molar-refractivity contribution is 7.99. The molecule has 0 fully saturated rings. The van der Waals surface area contributed by atoms with Crippen LogP contribution in [0.4, 0.5) is 5.69 Å². The second kappa shape index (κ2) is 5.74. The van der Waals surface area contributed by atoms with E-state index in [0.717, 1.165) is 4.90 Å². The molecule has 0 aliphatic heterocycles. The lowest BCUT2D eigenvalue weighted by Crippen LogP contribution is -2.01. The van der Waals surface area contributed by atoms with E-state index in [-0.39, 0.29) is 5.56 Å². The fourth-order valence-electron chi connectivity index (χ4n) is 1.53. The van der Waals surface area contributed by atoms with E-state index in [1.54, 1.807) is 18.2 Å². The summed E-state index contributed by atoms with van der Waals surface area (Å²) in [7, 11) is 0. The van der Waals surface area contributed by atoms with Gasteiger partial charge in [-0.25, -0.2) is 4.79 Å². The summed E-state index contributed by atoms with van der Waals surface area (Å²) >= 11 is 13.2. The molecule has 0 amide bonds. The average Bonchev–Trinajstić information content (AvgIpc) is 2.32. The number of aromatic carboxylic acids is 1. The summed E-state index contributed by atoms with van der Waals surface area (Å²) in [4.78, 5) is 12.5. The van der Waals surface area contributed by atoms with Crippen molar-refractivity contribution in [3.63, 3.8) is 0 Å². The number of rotatable bonds is 3. The van der Waals surface area contributed by atoms with E-state index >= 15 is 0 Å². The molecule has 3 N–H and O–H groups in total. The number of nitrogens with two attached hydrogens (primary N) is 1. The van der Waals surface area contributed by atoms with Gasteiger partial charge in [0.25, 0.3) is 0 Å². The van der Waals surface area contributed by atoms with Crippen LogP contribution in [-0.4, -0.2) is 11.1 Å². The van der Waals surface area contributed by atoms with E-state index in [9.17, 15) is 9.90 Å². The second-order valence-electron chi connectivity index (χ2n) is 3.74. The van der Waals surface area contributed by atoms with Crippen LogP contribution in [0.3, 0.4) is 0 Å². The average molecular weight is 314 g/mol. The summed E-state index contributed by atoms with van der Waals surface area (Å²) in [5, 5.41) is 10.1. The minimum absolute atomic E-state index is 0.0787. The van der Waals surface area contributed by atoms with Crippen LogP contribution in [0.2, 0.25) is 10.0 Å². The van der Waals surface area contributed by atoms with Gasteiger partial charge >= 0.3 is 5.97 Å². The third-order valence-electron chi connectivity index (χ3n) is 2.31. The van der Waals surface area contributed by atoms with Gasteiger partial charge in [-0.3, -0.25) is 0 Å². The Morgan fingerprint density at radius 3 is 2.58 bits per heavy atom. The molecule has 0 heterocycles. The predicted octanol–water partition coefficient (Wildman–Crippen LogP) is 4.43. The Labute approximate surface area is 124 Å². The molecule has 2 rings (SSSR count). The number of carbonyl (C=O) groups is 1. The van der Waals surface area contributed by atoms with Crippen molar-refractivity contribution < 1.29 is 9.90 Å². The molecule has 0 bridgehead atoms. The largest absolute Gasteiger partial charge is 0.478 e. The Morgan fingerprint density at radius 1 is 1.21 bits per heavy atom. The Morgan fingerprint density at radius 2 is 1.95 bits per heavy atom. The third kappa shape index (κ3) is 3.35. The van der Waals surface area contributed by atoms with Gasteiger partial charge in [-0.2, -0.15) is 0 Å². The maximum absolute atomic E-state index is 11.2. The lowest BCUT2D eigenvalue weighted by Gasteiger charge is -2.09.